The van der Waals surface area contributed by atoms with Crippen molar-refractivity contribution in [3.05, 3.63) is 0 Å². The van der Waals surface area contributed by atoms with Crippen molar-refractivity contribution in [3.63, 3.8) is 0 Å². The molecule has 0 aromatic carbocycles. The van der Waals surface area contributed by atoms with E-state index in [0.717, 1.165) is 19.0 Å². The Morgan fingerprint density at radius 2 is 2.06 bits per heavy atom. The van der Waals surface area contributed by atoms with Gasteiger partial charge in [-0.2, -0.15) is 0 Å². The third-order valence-electron chi connectivity index (χ3n) is 4.12. The molecule has 0 aromatic rings. The fraction of sp³-hybridized carbons (Fsp3) is 0.929. The summed E-state index contributed by atoms with van der Waals surface area (Å²) in [5, 5.41) is 3.51. The Kier molecular flexibility index (Phi) is 5.01. The van der Waals surface area contributed by atoms with E-state index in [0.29, 0.717) is 19.3 Å². The molecule has 3 unspecified atom stereocenters. The van der Waals surface area contributed by atoms with Crippen molar-refractivity contribution in [1.29, 1.82) is 0 Å². The van der Waals surface area contributed by atoms with Gasteiger partial charge in [0.2, 0.25) is 5.91 Å². The minimum absolute atomic E-state index is 0.0570. The van der Waals surface area contributed by atoms with Gasteiger partial charge in [-0.3, -0.25) is 4.79 Å². The Balaban J connectivity index is 1.79. The Labute approximate surface area is 110 Å². The predicted molar refractivity (Wildman–Crippen MR) is 71.4 cm³/mol. The van der Waals surface area contributed by atoms with Crippen molar-refractivity contribution < 1.29 is 9.53 Å². The van der Waals surface area contributed by atoms with Crippen LogP contribution in [-0.4, -0.2) is 49.2 Å². The lowest BCUT2D eigenvalue weighted by atomic mass is 9.87. The zero-order valence-electron chi connectivity index (χ0n) is 11.7. The molecule has 1 aliphatic carbocycles. The molecule has 4 heteroatoms. The highest BCUT2D eigenvalue weighted by Gasteiger charge is 2.26. The number of rotatable bonds is 3. The zero-order valence-corrected chi connectivity index (χ0v) is 11.7. The second-order valence-electron chi connectivity index (χ2n) is 5.79. The average Bonchev–Trinajstić information content (AvgIpc) is 2.39. The molecule has 1 amide bonds. The molecule has 2 aliphatic rings. The number of carbonyl (C=O) groups excluding carboxylic acids is 1. The Morgan fingerprint density at radius 3 is 2.72 bits per heavy atom. The summed E-state index contributed by atoms with van der Waals surface area (Å²) in [6.45, 7) is 7.15. The molecule has 2 rings (SSSR count). The summed E-state index contributed by atoms with van der Waals surface area (Å²) >= 11 is 0. The Bertz CT molecular complexity index is 277. The van der Waals surface area contributed by atoms with E-state index >= 15 is 0 Å². The molecule has 0 radical (unpaired) electrons. The van der Waals surface area contributed by atoms with Gasteiger partial charge in [0.05, 0.1) is 19.3 Å². The number of amides is 1. The standard InChI is InChI=1S/C14H26N2O2/c1-11-4-3-5-13(10-11)15-12(2)14(17)16-6-8-18-9-7-16/h11-13,15H,3-10H2,1-2H3. The van der Waals surface area contributed by atoms with E-state index in [4.69, 9.17) is 4.74 Å². The van der Waals surface area contributed by atoms with Gasteiger partial charge >= 0.3 is 0 Å². The number of hydrogen-bond donors (Lipinski definition) is 1. The van der Waals surface area contributed by atoms with Gasteiger partial charge in [-0.1, -0.05) is 19.8 Å². The zero-order chi connectivity index (χ0) is 13.0. The minimum Gasteiger partial charge on any atom is -0.378 e. The average molecular weight is 254 g/mol. The van der Waals surface area contributed by atoms with Crippen LogP contribution in [0.4, 0.5) is 0 Å². The van der Waals surface area contributed by atoms with Crippen LogP contribution < -0.4 is 5.32 Å². The molecule has 0 bridgehead atoms. The normalized spacial score (nSPS) is 31.1. The summed E-state index contributed by atoms with van der Waals surface area (Å²) in [7, 11) is 0. The molecule has 1 saturated heterocycles. The highest BCUT2D eigenvalue weighted by molar-refractivity contribution is 5.81. The monoisotopic (exact) mass is 254 g/mol. The van der Waals surface area contributed by atoms with Crippen LogP contribution in [0.3, 0.4) is 0 Å². The number of carbonyl (C=O) groups is 1. The molecule has 1 heterocycles. The van der Waals surface area contributed by atoms with Gasteiger partial charge < -0.3 is 15.0 Å². The van der Waals surface area contributed by atoms with Crippen LogP contribution in [0.25, 0.3) is 0 Å². The van der Waals surface area contributed by atoms with Gasteiger partial charge in [0.15, 0.2) is 0 Å². The molecule has 2 fully saturated rings. The van der Waals surface area contributed by atoms with Crippen molar-refractivity contribution in [2.24, 2.45) is 5.92 Å². The van der Waals surface area contributed by atoms with E-state index < -0.39 is 0 Å². The maximum absolute atomic E-state index is 12.3. The van der Waals surface area contributed by atoms with Gasteiger partial charge in [-0.15, -0.1) is 0 Å². The van der Waals surface area contributed by atoms with E-state index in [9.17, 15) is 4.79 Å². The second kappa shape index (κ2) is 6.53. The number of nitrogens with one attached hydrogen (secondary N) is 1. The molecule has 0 aromatic heterocycles. The number of morpholine rings is 1. The molecule has 3 atom stereocenters. The van der Waals surface area contributed by atoms with Gasteiger partial charge in [0, 0.05) is 19.1 Å². The van der Waals surface area contributed by atoms with Crippen molar-refractivity contribution >= 4 is 5.91 Å². The number of hydrogen-bond acceptors (Lipinski definition) is 3. The SMILES string of the molecule is CC1CCCC(NC(C)C(=O)N2CCOCC2)C1. The third-order valence-corrected chi connectivity index (χ3v) is 4.12. The van der Waals surface area contributed by atoms with E-state index in [1.54, 1.807) is 0 Å². The fourth-order valence-electron chi connectivity index (χ4n) is 3.07. The summed E-state index contributed by atoms with van der Waals surface area (Å²) in [6.07, 6.45) is 5.05. The van der Waals surface area contributed by atoms with Crippen LogP contribution in [0.2, 0.25) is 0 Å². The quantitative estimate of drug-likeness (QED) is 0.828. The number of nitrogens with zero attached hydrogens (tertiary/aromatic N) is 1. The van der Waals surface area contributed by atoms with E-state index in [1.807, 2.05) is 11.8 Å². The molecule has 1 N–H and O–H groups in total. The fourth-order valence-corrected chi connectivity index (χ4v) is 3.07. The van der Waals surface area contributed by atoms with Crippen LogP contribution in [-0.2, 0) is 9.53 Å². The maximum atomic E-state index is 12.3. The van der Waals surface area contributed by atoms with Crippen molar-refractivity contribution in [2.45, 2.75) is 51.6 Å². The van der Waals surface area contributed by atoms with Crippen LogP contribution >= 0.6 is 0 Å². The van der Waals surface area contributed by atoms with Crippen LogP contribution in [0.5, 0.6) is 0 Å². The van der Waals surface area contributed by atoms with Crippen LogP contribution in [0.15, 0.2) is 0 Å². The Hall–Kier alpha value is -0.610. The molecule has 1 aliphatic heterocycles. The van der Waals surface area contributed by atoms with Crippen molar-refractivity contribution in [3.8, 4) is 0 Å². The van der Waals surface area contributed by atoms with E-state index in [1.165, 1.54) is 25.7 Å². The molecule has 0 spiro atoms. The smallest absolute Gasteiger partial charge is 0.239 e. The first-order valence-corrected chi connectivity index (χ1v) is 7.29. The number of ether oxygens (including phenoxy) is 1. The molecule has 1 saturated carbocycles. The summed E-state index contributed by atoms with van der Waals surface area (Å²) in [5.74, 6) is 1.03. The third kappa shape index (κ3) is 3.69. The molecular weight excluding hydrogens is 228 g/mol. The lowest BCUT2D eigenvalue weighted by Crippen LogP contribution is -2.52. The first-order chi connectivity index (χ1) is 8.66. The summed E-state index contributed by atoms with van der Waals surface area (Å²) in [4.78, 5) is 14.2. The van der Waals surface area contributed by atoms with Crippen molar-refractivity contribution in [1.82, 2.24) is 10.2 Å². The maximum Gasteiger partial charge on any atom is 0.239 e. The first kappa shape index (κ1) is 13.8. The predicted octanol–water partition coefficient (Wildman–Crippen LogP) is 1.40. The molecule has 18 heavy (non-hydrogen) atoms. The van der Waals surface area contributed by atoms with Crippen LogP contribution in [0.1, 0.15) is 39.5 Å². The minimum atomic E-state index is -0.0570. The highest BCUT2D eigenvalue weighted by Crippen LogP contribution is 2.23. The first-order valence-electron chi connectivity index (χ1n) is 7.29. The largest absolute Gasteiger partial charge is 0.378 e. The summed E-state index contributed by atoms with van der Waals surface area (Å²) < 4.78 is 5.28. The molecule has 104 valence electrons. The second-order valence-corrected chi connectivity index (χ2v) is 5.79. The van der Waals surface area contributed by atoms with E-state index in [-0.39, 0.29) is 11.9 Å². The topological polar surface area (TPSA) is 41.6 Å². The van der Waals surface area contributed by atoms with Gasteiger partial charge in [0.1, 0.15) is 0 Å². The summed E-state index contributed by atoms with van der Waals surface area (Å²) in [6, 6.07) is 0.465. The Morgan fingerprint density at radius 1 is 1.33 bits per heavy atom. The molecular formula is C14H26N2O2. The van der Waals surface area contributed by atoms with Gasteiger partial charge in [-0.05, 0) is 25.7 Å². The van der Waals surface area contributed by atoms with Gasteiger partial charge in [0.25, 0.3) is 0 Å². The van der Waals surface area contributed by atoms with Gasteiger partial charge in [-0.25, -0.2) is 0 Å². The molecule has 4 nitrogen and oxygen atoms in total. The van der Waals surface area contributed by atoms with Crippen LogP contribution in [0, 0.1) is 5.92 Å². The lowest BCUT2D eigenvalue weighted by Gasteiger charge is -2.33. The summed E-state index contributed by atoms with van der Waals surface area (Å²) in [5.41, 5.74) is 0. The highest BCUT2D eigenvalue weighted by atomic mass is 16.5. The van der Waals surface area contributed by atoms with Crippen molar-refractivity contribution in [2.75, 3.05) is 26.3 Å². The van der Waals surface area contributed by atoms with E-state index in [2.05, 4.69) is 12.2 Å². The lowest BCUT2D eigenvalue weighted by molar-refractivity contribution is -0.137.